The molecule has 0 atom stereocenters. The molecular weight excluding hydrogens is 312 g/mol. The number of carbonyl (C=O) groups is 2. The van der Waals surface area contributed by atoms with Crippen LogP contribution in [0.2, 0.25) is 0 Å². The van der Waals surface area contributed by atoms with Crippen LogP contribution in [0.4, 0.5) is 0 Å². The van der Waals surface area contributed by atoms with Crippen molar-refractivity contribution >= 4 is 18.1 Å². The van der Waals surface area contributed by atoms with Crippen molar-refractivity contribution in [2.75, 3.05) is 13.7 Å². The molecule has 0 aromatic heterocycles. The van der Waals surface area contributed by atoms with E-state index in [2.05, 4.69) is 10.5 Å². The molecule has 0 unspecified atom stereocenters. The van der Waals surface area contributed by atoms with Crippen molar-refractivity contribution < 1.29 is 24.2 Å². The summed E-state index contributed by atoms with van der Waals surface area (Å²) in [5.74, 6) is -0.369. The average Bonchev–Trinajstić information content (AvgIpc) is 2.61. The van der Waals surface area contributed by atoms with Gasteiger partial charge in [0, 0.05) is 5.56 Å². The zero-order chi connectivity index (χ0) is 17.4. The molecule has 0 aliphatic carbocycles. The lowest BCUT2D eigenvalue weighted by Gasteiger charge is -2.03. The molecule has 2 N–H and O–H groups in total. The molecule has 0 bridgehead atoms. The van der Waals surface area contributed by atoms with Crippen LogP contribution in [0, 0.1) is 0 Å². The predicted molar refractivity (Wildman–Crippen MR) is 87.6 cm³/mol. The minimum absolute atomic E-state index is 0.355. The molecule has 0 aliphatic heterocycles. The number of methoxy groups -OCH3 is 1. The summed E-state index contributed by atoms with van der Waals surface area (Å²) in [5.41, 5.74) is 3.58. The number of carbonyl (C=O) groups excluding carboxylic acids is 1. The standard InChI is InChI=1S/C17H16N2O5/c1-23-15-4-2-3-13(9-15)17(22)19-18-10-12-5-7-14(8-6-12)24-11-16(20)21/h2-10H,11H2,1H3,(H,19,22)(H,20,21)/b18-10+. The topological polar surface area (TPSA) is 97.2 Å². The van der Waals surface area contributed by atoms with Crippen LogP contribution in [0.15, 0.2) is 53.6 Å². The van der Waals surface area contributed by atoms with Crippen LogP contribution >= 0.6 is 0 Å². The Kier molecular flexibility index (Phi) is 5.90. The van der Waals surface area contributed by atoms with Crippen molar-refractivity contribution in [1.82, 2.24) is 5.43 Å². The van der Waals surface area contributed by atoms with Gasteiger partial charge >= 0.3 is 5.97 Å². The van der Waals surface area contributed by atoms with Crippen molar-refractivity contribution in [3.8, 4) is 11.5 Å². The molecule has 7 heteroatoms. The fourth-order valence-corrected chi connectivity index (χ4v) is 1.79. The Hall–Kier alpha value is -3.35. The minimum Gasteiger partial charge on any atom is -0.497 e. The first kappa shape index (κ1) is 17.0. The van der Waals surface area contributed by atoms with E-state index in [0.717, 1.165) is 5.56 Å². The quantitative estimate of drug-likeness (QED) is 0.598. The number of ether oxygens (including phenoxy) is 2. The maximum atomic E-state index is 12.0. The summed E-state index contributed by atoms with van der Waals surface area (Å²) in [5, 5.41) is 12.4. The van der Waals surface area contributed by atoms with E-state index in [1.54, 1.807) is 48.5 Å². The second-order valence-corrected chi connectivity index (χ2v) is 4.68. The lowest BCUT2D eigenvalue weighted by molar-refractivity contribution is -0.139. The Morgan fingerprint density at radius 1 is 1.17 bits per heavy atom. The van der Waals surface area contributed by atoms with Gasteiger partial charge in [0.25, 0.3) is 5.91 Å². The SMILES string of the molecule is COc1cccc(C(=O)N/N=C/c2ccc(OCC(=O)O)cc2)c1. The van der Waals surface area contributed by atoms with Gasteiger partial charge in [0.1, 0.15) is 11.5 Å². The molecule has 0 saturated carbocycles. The first-order valence-electron chi connectivity index (χ1n) is 7.00. The monoisotopic (exact) mass is 328 g/mol. The largest absolute Gasteiger partial charge is 0.497 e. The number of rotatable bonds is 7. The summed E-state index contributed by atoms with van der Waals surface area (Å²) in [6.45, 7) is -0.399. The third kappa shape index (κ3) is 5.13. The van der Waals surface area contributed by atoms with Crippen molar-refractivity contribution in [2.24, 2.45) is 5.10 Å². The van der Waals surface area contributed by atoms with E-state index < -0.39 is 12.6 Å². The highest BCUT2D eigenvalue weighted by Crippen LogP contribution is 2.12. The van der Waals surface area contributed by atoms with Crippen LogP contribution < -0.4 is 14.9 Å². The second kappa shape index (κ2) is 8.33. The Morgan fingerprint density at radius 2 is 1.92 bits per heavy atom. The first-order valence-corrected chi connectivity index (χ1v) is 7.00. The van der Waals surface area contributed by atoms with Crippen LogP contribution in [0.25, 0.3) is 0 Å². The lowest BCUT2D eigenvalue weighted by atomic mass is 10.2. The number of aliphatic carboxylic acids is 1. The number of nitrogens with one attached hydrogen (secondary N) is 1. The summed E-state index contributed by atoms with van der Waals surface area (Å²) in [4.78, 5) is 22.4. The van der Waals surface area contributed by atoms with Gasteiger partial charge in [0.2, 0.25) is 0 Å². The van der Waals surface area contributed by atoms with Gasteiger partial charge in [-0.1, -0.05) is 6.07 Å². The van der Waals surface area contributed by atoms with E-state index in [9.17, 15) is 9.59 Å². The highest BCUT2D eigenvalue weighted by molar-refractivity contribution is 5.95. The van der Waals surface area contributed by atoms with Crippen molar-refractivity contribution in [1.29, 1.82) is 0 Å². The Morgan fingerprint density at radius 3 is 2.58 bits per heavy atom. The molecule has 0 aliphatic rings. The Balaban J connectivity index is 1.91. The molecule has 0 radical (unpaired) electrons. The van der Waals surface area contributed by atoms with E-state index in [1.807, 2.05) is 0 Å². The van der Waals surface area contributed by atoms with Crippen LogP contribution in [0.5, 0.6) is 11.5 Å². The van der Waals surface area contributed by atoms with E-state index in [4.69, 9.17) is 14.6 Å². The van der Waals surface area contributed by atoms with Crippen LogP contribution in [-0.4, -0.2) is 36.9 Å². The van der Waals surface area contributed by atoms with Crippen LogP contribution in [0.3, 0.4) is 0 Å². The highest BCUT2D eigenvalue weighted by Gasteiger charge is 2.05. The minimum atomic E-state index is -1.04. The summed E-state index contributed by atoms with van der Waals surface area (Å²) in [6, 6.07) is 13.3. The summed E-state index contributed by atoms with van der Waals surface area (Å²) in [7, 11) is 1.53. The van der Waals surface area contributed by atoms with Crippen LogP contribution in [-0.2, 0) is 4.79 Å². The predicted octanol–water partition coefficient (Wildman–Crippen LogP) is 1.92. The number of benzene rings is 2. The zero-order valence-corrected chi connectivity index (χ0v) is 12.9. The summed E-state index contributed by atoms with van der Waals surface area (Å²) >= 11 is 0. The molecule has 1 amide bonds. The third-order valence-corrected chi connectivity index (χ3v) is 2.95. The van der Waals surface area contributed by atoms with Crippen LogP contribution in [0.1, 0.15) is 15.9 Å². The summed E-state index contributed by atoms with van der Waals surface area (Å²) < 4.78 is 10.1. The molecule has 0 spiro atoms. The second-order valence-electron chi connectivity index (χ2n) is 4.68. The van der Waals surface area contributed by atoms with E-state index >= 15 is 0 Å². The van der Waals surface area contributed by atoms with Crippen molar-refractivity contribution in [3.05, 3.63) is 59.7 Å². The molecular formula is C17H16N2O5. The molecule has 0 saturated heterocycles. The number of carboxylic acid groups (broad SMARTS) is 1. The fraction of sp³-hybridized carbons (Fsp3) is 0.118. The highest BCUT2D eigenvalue weighted by atomic mass is 16.5. The first-order chi connectivity index (χ1) is 11.6. The maximum Gasteiger partial charge on any atom is 0.341 e. The molecule has 7 nitrogen and oxygen atoms in total. The van der Waals surface area contributed by atoms with Gasteiger partial charge in [0.15, 0.2) is 6.61 Å². The van der Waals surface area contributed by atoms with Gasteiger partial charge in [-0.25, -0.2) is 10.2 Å². The molecule has 2 aromatic rings. The van der Waals surface area contributed by atoms with E-state index in [0.29, 0.717) is 17.1 Å². The number of amides is 1. The van der Waals surface area contributed by atoms with Gasteiger partial charge in [-0.05, 0) is 48.0 Å². The van der Waals surface area contributed by atoms with E-state index in [-0.39, 0.29) is 5.91 Å². The Labute approximate surface area is 138 Å². The maximum absolute atomic E-state index is 12.0. The number of nitrogens with zero attached hydrogens (tertiary/aromatic N) is 1. The molecule has 2 rings (SSSR count). The lowest BCUT2D eigenvalue weighted by Crippen LogP contribution is -2.17. The number of hydrazone groups is 1. The van der Waals surface area contributed by atoms with Crippen molar-refractivity contribution in [2.45, 2.75) is 0 Å². The van der Waals surface area contributed by atoms with Gasteiger partial charge in [0.05, 0.1) is 13.3 Å². The van der Waals surface area contributed by atoms with Gasteiger partial charge in [-0.2, -0.15) is 5.10 Å². The number of carboxylic acids is 1. The molecule has 2 aromatic carbocycles. The molecule has 24 heavy (non-hydrogen) atoms. The normalized spacial score (nSPS) is 10.4. The Bertz CT molecular complexity index is 741. The van der Waals surface area contributed by atoms with Gasteiger partial charge in [-0.15, -0.1) is 0 Å². The summed E-state index contributed by atoms with van der Waals surface area (Å²) in [6.07, 6.45) is 1.47. The fourth-order valence-electron chi connectivity index (χ4n) is 1.79. The van der Waals surface area contributed by atoms with Crippen molar-refractivity contribution in [3.63, 3.8) is 0 Å². The molecule has 0 fully saturated rings. The zero-order valence-electron chi connectivity index (χ0n) is 12.9. The van der Waals surface area contributed by atoms with Gasteiger partial charge < -0.3 is 14.6 Å². The molecule has 124 valence electrons. The van der Waals surface area contributed by atoms with Gasteiger partial charge in [-0.3, -0.25) is 4.79 Å². The third-order valence-electron chi connectivity index (χ3n) is 2.95. The molecule has 0 heterocycles. The smallest absolute Gasteiger partial charge is 0.341 e. The number of hydrogen-bond donors (Lipinski definition) is 2. The van der Waals surface area contributed by atoms with E-state index in [1.165, 1.54) is 13.3 Å². The number of hydrogen-bond acceptors (Lipinski definition) is 5. The average molecular weight is 328 g/mol.